The third-order valence-electron chi connectivity index (χ3n) is 5.44. The van der Waals surface area contributed by atoms with Gasteiger partial charge < -0.3 is 10.4 Å². The third kappa shape index (κ3) is 4.76. The average Bonchev–Trinajstić information content (AvgIpc) is 2.81. The molecule has 0 radical (unpaired) electrons. The van der Waals surface area contributed by atoms with Gasteiger partial charge in [0.2, 0.25) is 0 Å². The maximum atomic E-state index is 15.0. The highest BCUT2D eigenvalue weighted by Gasteiger charge is 2.22. The lowest BCUT2D eigenvalue weighted by Crippen LogP contribution is -2.19. The number of pyridine rings is 2. The predicted octanol–water partition coefficient (Wildman–Crippen LogP) is 5.60. The summed E-state index contributed by atoms with van der Waals surface area (Å²) < 4.78 is 29.5. The van der Waals surface area contributed by atoms with Gasteiger partial charge in [0.05, 0.1) is 39.6 Å². The molecule has 1 atom stereocenters. The van der Waals surface area contributed by atoms with E-state index in [1.165, 1.54) is 36.7 Å². The number of anilines is 1. The first kappa shape index (κ1) is 24.4. The van der Waals surface area contributed by atoms with Gasteiger partial charge in [0.1, 0.15) is 22.6 Å². The number of nitriles is 1. The first-order chi connectivity index (χ1) is 16.5. The molecule has 7 nitrogen and oxygen atoms in total. The van der Waals surface area contributed by atoms with Crippen molar-refractivity contribution < 1.29 is 13.9 Å². The Morgan fingerprint density at radius 1 is 1.11 bits per heavy atom. The molecule has 4 aromatic rings. The minimum Gasteiger partial charge on any atom is -0.382 e. The number of fused-ring (bicyclic) bond motifs is 1. The number of nitrogens with one attached hydrogen (secondary N) is 1. The van der Waals surface area contributed by atoms with Crippen molar-refractivity contribution in [2.75, 3.05) is 5.32 Å². The van der Waals surface area contributed by atoms with Crippen molar-refractivity contribution in [3.8, 4) is 17.3 Å². The number of aromatic nitrogens is 4. The smallest absolute Gasteiger partial charge is 0.159 e. The van der Waals surface area contributed by atoms with Crippen molar-refractivity contribution in [3.05, 3.63) is 76.0 Å². The van der Waals surface area contributed by atoms with Gasteiger partial charge in [0.15, 0.2) is 11.6 Å². The van der Waals surface area contributed by atoms with E-state index >= 15 is 4.39 Å². The second-order valence-corrected chi connectivity index (χ2v) is 9.02. The third-order valence-corrected chi connectivity index (χ3v) is 5.91. The number of aliphatic hydroxyl groups is 1. The van der Waals surface area contributed by atoms with Gasteiger partial charge in [0.25, 0.3) is 0 Å². The molecule has 0 aliphatic rings. The zero-order chi connectivity index (χ0) is 25.5. The molecule has 1 aromatic carbocycles. The fourth-order valence-corrected chi connectivity index (χ4v) is 3.79. The molecule has 0 saturated carbocycles. The molecule has 0 fully saturated rings. The van der Waals surface area contributed by atoms with Crippen molar-refractivity contribution in [1.29, 1.82) is 5.26 Å². The van der Waals surface area contributed by atoms with Crippen LogP contribution in [0.5, 0.6) is 0 Å². The normalized spacial score (nSPS) is 12.4. The van der Waals surface area contributed by atoms with Gasteiger partial charge >= 0.3 is 0 Å². The van der Waals surface area contributed by atoms with Gasteiger partial charge in [-0.15, -0.1) is 0 Å². The van der Waals surface area contributed by atoms with Gasteiger partial charge in [-0.3, -0.25) is 0 Å². The second kappa shape index (κ2) is 9.13. The predicted molar refractivity (Wildman–Crippen MR) is 129 cm³/mol. The van der Waals surface area contributed by atoms with E-state index in [-0.39, 0.29) is 33.1 Å². The molecular weight excluding hydrogens is 474 g/mol. The number of halogens is 3. The number of rotatable bonds is 5. The van der Waals surface area contributed by atoms with Crippen LogP contribution < -0.4 is 5.32 Å². The zero-order valence-electron chi connectivity index (χ0n) is 19.4. The number of nitrogens with zero attached hydrogens (tertiary/aromatic N) is 5. The fourth-order valence-electron chi connectivity index (χ4n) is 3.60. The Balaban J connectivity index is 1.83. The van der Waals surface area contributed by atoms with Crippen molar-refractivity contribution in [1.82, 2.24) is 19.9 Å². The van der Waals surface area contributed by atoms with Crippen LogP contribution in [0.2, 0.25) is 5.02 Å². The minimum atomic E-state index is -1.26. The second-order valence-electron chi connectivity index (χ2n) is 8.64. The van der Waals surface area contributed by atoms with E-state index in [2.05, 4.69) is 25.3 Å². The van der Waals surface area contributed by atoms with Gasteiger partial charge in [-0.2, -0.15) is 5.26 Å². The SMILES string of the molecule is Cc1nc2cc(F)c(-c3cnc(C(C)(C)O)nc3)nc2c(NC(C)c2cc(C#N)ccc2F)c1Cl. The lowest BCUT2D eigenvalue weighted by atomic mass is 10.0. The van der Waals surface area contributed by atoms with Crippen molar-refractivity contribution >= 4 is 28.3 Å². The molecule has 0 amide bonds. The van der Waals surface area contributed by atoms with E-state index < -0.39 is 23.3 Å². The van der Waals surface area contributed by atoms with Crippen molar-refractivity contribution in [2.24, 2.45) is 0 Å². The Hall–Kier alpha value is -3.74. The van der Waals surface area contributed by atoms with Gasteiger partial charge in [-0.25, -0.2) is 28.7 Å². The summed E-state index contributed by atoms with van der Waals surface area (Å²) in [6.45, 7) is 6.47. The van der Waals surface area contributed by atoms with Crippen molar-refractivity contribution in [2.45, 2.75) is 39.3 Å². The summed E-state index contributed by atoms with van der Waals surface area (Å²) in [5.41, 5.74) is 0.889. The summed E-state index contributed by atoms with van der Waals surface area (Å²) in [7, 11) is 0. The van der Waals surface area contributed by atoms with Crippen LogP contribution in [0.15, 0.2) is 36.7 Å². The maximum Gasteiger partial charge on any atom is 0.159 e. The maximum absolute atomic E-state index is 15.0. The average molecular weight is 495 g/mol. The topological polar surface area (TPSA) is 108 Å². The van der Waals surface area contributed by atoms with E-state index in [4.69, 9.17) is 11.6 Å². The summed E-state index contributed by atoms with van der Waals surface area (Å²) in [6, 6.07) is 6.71. The highest BCUT2D eigenvalue weighted by molar-refractivity contribution is 6.35. The first-order valence-corrected chi connectivity index (χ1v) is 11.0. The molecule has 0 aliphatic heterocycles. The van der Waals surface area contributed by atoms with Crippen LogP contribution in [0.4, 0.5) is 14.5 Å². The largest absolute Gasteiger partial charge is 0.382 e. The Morgan fingerprint density at radius 3 is 2.43 bits per heavy atom. The molecule has 1 unspecified atom stereocenters. The molecule has 35 heavy (non-hydrogen) atoms. The summed E-state index contributed by atoms with van der Waals surface area (Å²) >= 11 is 6.55. The van der Waals surface area contributed by atoms with E-state index in [0.29, 0.717) is 22.5 Å². The van der Waals surface area contributed by atoms with Gasteiger partial charge in [-0.1, -0.05) is 11.6 Å². The zero-order valence-corrected chi connectivity index (χ0v) is 20.1. The molecule has 178 valence electrons. The fraction of sp³-hybridized carbons (Fsp3) is 0.240. The van der Waals surface area contributed by atoms with Crippen LogP contribution in [0, 0.1) is 29.9 Å². The summed E-state index contributed by atoms with van der Waals surface area (Å²) in [5, 5.41) is 22.7. The Morgan fingerprint density at radius 2 is 1.80 bits per heavy atom. The molecule has 0 spiro atoms. The van der Waals surface area contributed by atoms with Crippen LogP contribution in [-0.4, -0.2) is 25.0 Å². The summed E-state index contributed by atoms with van der Waals surface area (Å²) in [4.78, 5) is 17.1. The summed E-state index contributed by atoms with van der Waals surface area (Å²) in [6.07, 6.45) is 2.75. The van der Waals surface area contributed by atoms with Crippen LogP contribution >= 0.6 is 11.6 Å². The van der Waals surface area contributed by atoms with Crippen LogP contribution in [-0.2, 0) is 5.60 Å². The highest BCUT2D eigenvalue weighted by atomic mass is 35.5. The van der Waals surface area contributed by atoms with Crippen LogP contribution in [0.3, 0.4) is 0 Å². The van der Waals surface area contributed by atoms with Gasteiger partial charge in [-0.05, 0) is 45.9 Å². The molecule has 0 bridgehead atoms. The van der Waals surface area contributed by atoms with Crippen molar-refractivity contribution in [3.63, 3.8) is 0 Å². The van der Waals surface area contributed by atoms with E-state index in [0.717, 1.165) is 0 Å². The van der Waals surface area contributed by atoms with Crippen LogP contribution in [0.1, 0.15) is 49.5 Å². The molecule has 2 N–H and O–H groups in total. The molecule has 4 rings (SSSR count). The number of benzene rings is 1. The number of hydrogen-bond donors (Lipinski definition) is 2. The Bertz CT molecular complexity index is 1480. The Kier molecular flexibility index (Phi) is 6.36. The Labute approximate surface area is 205 Å². The standard InChI is InChI=1S/C25H21ClF2N6O/c1-12(16-7-14(9-29)5-6-17(16)27)33-23-20(26)13(2)32-19-8-18(28)21(34-22(19)23)15-10-30-24(31-11-15)25(3,4)35/h5-8,10-12,35H,1-4H3,(H,32,33). The van der Waals surface area contributed by atoms with E-state index in [1.54, 1.807) is 27.7 Å². The van der Waals surface area contributed by atoms with E-state index in [1.807, 2.05) is 6.07 Å². The lowest BCUT2D eigenvalue weighted by Gasteiger charge is -2.20. The first-order valence-electron chi connectivity index (χ1n) is 10.7. The monoisotopic (exact) mass is 494 g/mol. The summed E-state index contributed by atoms with van der Waals surface area (Å²) in [5.74, 6) is -0.947. The minimum absolute atomic E-state index is 0.0325. The van der Waals surface area contributed by atoms with Crippen LogP contribution in [0.25, 0.3) is 22.3 Å². The quantitative estimate of drug-likeness (QED) is 0.372. The molecule has 10 heteroatoms. The lowest BCUT2D eigenvalue weighted by molar-refractivity contribution is 0.0687. The number of aryl methyl sites for hydroxylation is 1. The molecule has 0 aliphatic carbocycles. The molecule has 3 heterocycles. The highest BCUT2D eigenvalue weighted by Crippen LogP contribution is 2.36. The van der Waals surface area contributed by atoms with E-state index in [9.17, 15) is 14.8 Å². The molecular formula is C25H21ClF2N6O. The van der Waals surface area contributed by atoms with Gasteiger partial charge in [0, 0.05) is 29.6 Å². The number of hydrogen-bond acceptors (Lipinski definition) is 7. The molecule has 0 saturated heterocycles. The molecule has 3 aromatic heterocycles.